The van der Waals surface area contributed by atoms with Crippen LogP contribution in [0.1, 0.15) is 84.5 Å². The topological polar surface area (TPSA) is 178 Å². The Balaban J connectivity index is 2.29. The Morgan fingerprint density at radius 3 is 2.04 bits per heavy atom. The van der Waals surface area contributed by atoms with Gasteiger partial charge in [-0.05, 0) is 44.9 Å². The van der Waals surface area contributed by atoms with Crippen LogP contribution in [0.15, 0.2) is 48.6 Å². The van der Waals surface area contributed by atoms with E-state index >= 15 is 0 Å². The van der Waals surface area contributed by atoms with Crippen LogP contribution in [-0.4, -0.2) is 97.5 Å². The maximum absolute atomic E-state index is 11.9. The van der Waals surface area contributed by atoms with Gasteiger partial charge in [0.2, 0.25) is 0 Å². The third-order valence-electron chi connectivity index (χ3n) is 6.77. The van der Waals surface area contributed by atoms with Gasteiger partial charge in [-0.25, -0.2) is 4.18 Å². The molecule has 0 radical (unpaired) electrons. The maximum Gasteiger partial charge on any atom is 0.397 e. The molecule has 0 saturated carbocycles. The summed E-state index contributed by atoms with van der Waals surface area (Å²) < 4.78 is 57.5. The molecule has 0 spiro atoms. The van der Waals surface area contributed by atoms with Crippen molar-refractivity contribution in [2.45, 2.75) is 121 Å². The van der Waals surface area contributed by atoms with Crippen LogP contribution in [0.2, 0.25) is 0 Å². The van der Waals surface area contributed by atoms with Crippen molar-refractivity contribution in [3.05, 3.63) is 48.6 Å². The predicted octanol–water partition coefficient (Wildman–Crippen LogP) is 4.11. The van der Waals surface area contributed by atoms with Gasteiger partial charge in [0.15, 0.2) is 6.29 Å². The van der Waals surface area contributed by atoms with Crippen LogP contribution in [0.3, 0.4) is 0 Å². The summed E-state index contributed by atoms with van der Waals surface area (Å²) >= 11 is 0. The number of hydrogen-bond acceptors (Lipinski definition) is 11. The Morgan fingerprint density at radius 2 is 1.44 bits per heavy atom. The largest absolute Gasteiger partial charge is 0.457 e. The Labute approximate surface area is 268 Å². The average Bonchev–Trinajstić information content (AvgIpc) is 3.00. The van der Waals surface area contributed by atoms with E-state index in [0.717, 1.165) is 64.2 Å². The molecule has 1 aliphatic rings. The molecule has 12 nitrogen and oxygen atoms in total. The molecule has 0 aromatic rings. The summed E-state index contributed by atoms with van der Waals surface area (Å²) in [5.41, 5.74) is 0. The monoisotopic (exact) mass is 662 g/mol. The zero-order valence-corrected chi connectivity index (χ0v) is 27.5. The zero-order chi connectivity index (χ0) is 33.3. The van der Waals surface area contributed by atoms with E-state index < -0.39 is 59.8 Å². The van der Waals surface area contributed by atoms with Crippen molar-refractivity contribution in [1.82, 2.24) is 0 Å². The zero-order valence-electron chi connectivity index (χ0n) is 26.7. The van der Waals surface area contributed by atoms with Crippen LogP contribution in [0.25, 0.3) is 0 Å². The predicted molar refractivity (Wildman–Crippen MR) is 170 cm³/mol. The van der Waals surface area contributed by atoms with Crippen LogP contribution < -0.4 is 0 Å². The fraction of sp³-hybridized carbons (Fsp3) is 0.719. The van der Waals surface area contributed by atoms with Crippen molar-refractivity contribution < 1.29 is 56.2 Å². The second-order valence-electron chi connectivity index (χ2n) is 10.6. The quantitative estimate of drug-likeness (QED) is 0.0477. The first-order valence-electron chi connectivity index (χ1n) is 15.9. The SMILES string of the molecule is CC/C=C\C/C=C\C/C=C\C/C=C\CCCCCCCOCC(COC1OC(CO)C(O)C(OS(=O)(=O)O)C1O)OC(=O)CC. The average molecular weight is 663 g/mol. The molecule has 1 heterocycles. The third-order valence-corrected chi connectivity index (χ3v) is 7.24. The summed E-state index contributed by atoms with van der Waals surface area (Å²) in [5, 5.41) is 30.0. The van der Waals surface area contributed by atoms with E-state index in [1.54, 1.807) is 6.92 Å². The second-order valence-corrected chi connectivity index (χ2v) is 11.7. The number of aliphatic hydroxyl groups excluding tert-OH is 3. The number of carbonyl (C=O) groups is 1. The number of allylic oxidation sites excluding steroid dienone is 8. The minimum atomic E-state index is -5.04. The van der Waals surface area contributed by atoms with Crippen LogP contribution >= 0.6 is 0 Å². The standard InChI is InChI=1S/C32H54O12S/c1-3-5-6-7-8-9-10-11-12-13-14-15-16-17-18-19-20-21-22-40-24-26(42-28(34)4-2)25-41-32-30(36)31(44-45(37,38)39)29(35)27(23-33)43-32/h5-6,8-9,11-12,14-15,26-27,29-33,35-36H,3-4,7,10,13,16-25H2,1-2H3,(H,37,38,39)/b6-5-,9-8-,12-11-,15-14-. The van der Waals surface area contributed by atoms with Crippen LogP contribution in [0.4, 0.5) is 0 Å². The summed E-state index contributed by atoms with van der Waals surface area (Å²) in [6, 6.07) is 0. The molecule has 4 N–H and O–H groups in total. The van der Waals surface area contributed by atoms with Gasteiger partial charge in [-0.1, -0.05) is 81.7 Å². The van der Waals surface area contributed by atoms with Gasteiger partial charge in [-0.15, -0.1) is 0 Å². The maximum atomic E-state index is 11.9. The highest BCUT2D eigenvalue weighted by molar-refractivity contribution is 7.80. The van der Waals surface area contributed by atoms with E-state index in [1.807, 2.05) is 0 Å². The summed E-state index contributed by atoms with van der Waals surface area (Å²) in [4.78, 5) is 11.9. The molecule has 6 atom stereocenters. The van der Waals surface area contributed by atoms with E-state index in [1.165, 1.54) is 0 Å². The minimum absolute atomic E-state index is 0.0113. The van der Waals surface area contributed by atoms with E-state index in [-0.39, 0.29) is 19.6 Å². The van der Waals surface area contributed by atoms with Crippen molar-refractivity contribution in [2.24, 2.45) is 0 Å². The number of esters is 1. The Bertz CT molecular complexity index is 994. The van der Waals surface area contributed by atoms with Crippen LogP contribution in [-0.2, 0) is 38.3 Å². The van der Waals surface area contributed by atoms with Gasteiger partial charge in [-0.2, -0.15) is 8.42 Å². The summed E-state index contributed by atoms with van der Waals surface area (Å²) in [5.74, 6) is -0.498. The number of rotatable bonds is 25. The minimum Gasteiger partial charge on any atom is -0.457 e. The molecule has 0 aromatic carbocycles. The highest BCUT2D eigenvalue weighted by atomic mass is 32.3. The van der Waals surface area contributed by atoms with Gasteiger partial charge in [0, 0.05) is 13.0 Å². The lowest BCUT2D eigenvalue weighted by atomic mass is 9.99. The molecule has 1 fully saturated rings. The third kappa shape index (κ3) is 20.0. The first-order valence-corrected chi connectivity index (χ1v) is 17.3. The first-order chi connectivity index (χ1) is 21.6. The van der Waals surface area contributed by atoms with Gasteiger partial charge in [0.1, 0.15) is 30.5 Å². The molecule has 0 aliphatic carbocycles. The summed E-state index contributed by atoms with van der Waals surface area (Å²) in [6.07, 6.45) is 18.5. The normalized spacial score (nSPS) is 23.6. The molecule has 0 bridgehead atoms. The lowest BCUT2D eigenvalue weighted by Crippen LogP contribution is -2.60. The number of hydrogen-bond donors (Lipinski definition) is 4. The van der Waals surface area contributed by atoms with Gasteiger partial charge in [0.25, 0.3) is 0 Å². The fourth-order valence-electron chi connectivity index (χ4n) is 4.34. The smallest absolute Gasteiger partial charge is 0.397 e. The van der Waals surface area contributed by atoms with Crippen molar-refractivity contribution in [1.29, 1.82) is 0 Å². The molecule has 0 amide bonds. The van der Waals surface area contributed by atoms with Gasteiger partial charge in [0.05, 0.1) is 19.8 Å². The van der Waals surface area contributed by atoms with E-state index in [2.05, 4.69) is 59.7 Å². The molecular weight excluding hydrogens is 608 g/mol. The van der Waals surface area contributed by atoms with Gasteiger partial charge in [-0.3, -0.25) is 9.35 Å². The number of ether oxygens (including phenoxy) is 4. The number of aliphatic hydroxyl groups is 3. The Hall–Kier alpha value is -1.94. The molecular formula is C32H54O12S. The Morgan fingerprint density at radius 1 is 0.844 bits per heavy atom. The number of unbranched alkanes of at least 4 members (excludes halogenated alkanes) is 5. The lowest BCUT2D eigenvalue weighted by Gasteiger charge is -2.41. The highest BCUT2D eigenvalue weighted by Crippen LogP contribution is 2.25. The van der Waals surface area contributed by atoms with E-state index in [4.69, 9.17) is 23.5 Å². The molecule has 260 valence electrons. The highest BCUT2D eigenvalue weighted by Gasteiger charge is 2.48. The molecule has 1 aliphatic heterocycles. The molecule has 1 rings (SSSR count). The van der Waals surface area contributed by atoms with E-state index in [9.17, 15) is 28.5 Å². The van der Waals surface area contributed by atoms with Gasteiger partial charge >= 0.3 is 16.4 Å². The van der Waals surface area contributed by atoms with Crippen molar-refractivity contribution in [3.63, 3.8) is 0 Å². The van der Waals surface area contributed by atoms with Crippen molar-refractivity contribution in [3.8, 4) is 0 Å². The van der Waals surface area contributed by atoms with Gasteiger partial charge < -0.3 is 34.3 Å². The Kier molecular flexibility index (Phi) is 23.0. The van der Waals surface area contributed by atoms with Crippen molar-refractivity contribution >= 4 is 16.4 Å². The lowest BCUT2D eigenvalue weighted by molar-refractivity contribution is -0.301. The van der Waals surface area contributed by atoms with Crippen LogP contribution in [0, 0.1) is 0 Å². The molecule has 1 saturated heterocycles. The van der Waals surface area contributed by atoms with Crippen LogP contribution in [0.5, 0.6) is 0 Å². The fourth-order valence-corrected chi connectivity index (χ4v) is 4.85. The summed E-state index contributed by atoms with van der Waals surface area (Å²) in [7, 11) is -5.04. The molecule has 45 heavy (non-hydrogen) atoms. The molecule has 6 unspecified atom stereocenters. The molecule has 13 heteroatoms. The molecule has 0 aromatic heterocycles. The second kappa shape index (κ2) is 25.2. The summed E-state index contributed by atoms with van der Waals surface area (Å²) in [6.45, 7) is 3.17. The first kappa shape index (κ1) is 41.1. The van der Waals surface area contributed by atoms with Crippen molar-refractivity contribution in [2.75, 3.05) is 26.4 Å². The number of carbonyl (C=O) groups excluding carboxylic acids is 1. The van der Waals surface area contributed by atoms with E-state index in [0.29, 0.717) is 6.61 Å².